The molecule has 0 saturated heterocycles. The van der Waals surface area contributed by atoms with Crippen LogP contribution in [0.25, 0.3) is 0 Å². The monoisotopic (exact) mass is 403 g/mol. The number of hydrogen-bond acceptors (Lipinski definition) is 4. The van der Waals surface area contributed by atoms with Crippen LogP contribution >= 0.6 is 11.6 Å². The van der Waals surface area contributed by atoms with Gasteiger partial charge in [0.05, 0.1) is 18.2 Å². The van der Waals surface area contributed by atoms with Gasteiger partial charge >= 0.3 is 5.97 Å². The van der Waals surface area contributed by atoms with Gasteiger partial charge in [-0.15, -0.1) is 0 Å². The molecule has 0 radical (unpaired) electrons. The highest BCUT2D eigenvalue weighted by molar-refractivity contribution is 6.30. The Bertz CT molecular complexity index is 811. The molecule has 0 aliphatic heterocycles. The second kappa shape index (κ2) is 9.24. The first-order valence-electron chi connectivity index (χ1n) is 9.71. The first kappa shape index (κ1) is 20.4. The van der Waals surface area contributed by atoms with E-state index < -0.39 is 11.9 Å². The lowest BCUT2D eigenvalue weighted by molar-refractivity contribution is -0.149. The van der Waals surface area contributed by atoms with E-state index in [1.807, 2.05) is 30.7 Å². The molecule has 0 spiro atoms. The van der Waals surface area contributed by atoms with E-state index in [0.29, 0.717) is 16.9 Å². The molecule has 150 valence electrons. The number of amides is 1. The molecule has 1 heterocycles. The third-order valence-corrected chi connectivity index (χ3v) is 5.36. The van der Waals surface area contributed by atoms with Crippen LogP contribution in [-0.2, 0) is 14.3 Å². The van der Waals surface area contributed by atoms with Crippen LogP contribution in [-0.4, -0.2) is 28.3 Å². The molecule has 1 atom stereocenters. The predicted octanol–water partition coefficient (Wildman–Crippen LogP) is 4.57. The van der Waals surface area contributed by atoms with Gasteiger partial charge < -0.3 is 10.1 Å². The Labute approximate surface area is 170 Å². The Balaban J connectivity index is 1.58. The molecular formula is C21H26ClN3O3. The number of nitrogens with zero attached hydrogens (tertiary/aromatic N) is 2. The molecule has 0 unspecified atom stereocenters. The van der Waals surface area contributed by atoms with Crippen LogP contribution in [0.3, 0.4) is 0 Å². The number of esters is 1. The summed E-state index contributed by atoms with van der Waals surface area (Å²) in [7, 11) is 0. The quantitative estimate of drug-likeness (QED) is 0.687. The standard InChI is InChI=1S/C21H26ClN3O3/c1-14(2)20(15-7-9-16(22)10-8-15)21(27)28-13-19(26)24-18-11-12-23-25(18)17-5-3-4-6-17/h7-12,14,17,20H,3-6,13H2,1-2H3,(H,24,26)/t20-/m0/s1. The van der Waals surface area contributed by atoms with Gasteiger partial charge in [0.25, 0.3) is 5.91 Å². The Morgan fingerprint density at radius 2 is 1.89 bits per heavy atom. The number of halogens is 1. The topological polar surface area (TPSA) is 73.2 Å². The maximum Gasteiger partial charge on any atom is 0.314 e. The fraction of sp³-hybridized carbons (Fsp3) is 0.476. The van der Waals surface area contributed by atoms with Gasteiger partial charge in [0.1, 0.15) is 5.82 Å². The van der Waals surface area contributed by atoms with E-state index in [2.05, 4.69) is 10.4 Å². The molecule has 1 amide bonds. The Kier molecular flexibility index (Phi) is 6.73. The highest BCUT2D eigenvalue weighted by Crippen LogP contribution is 2.31. The van der Waals surface area contributed by atoms with E-state index in [0.717, 1.165) is 18.4 Å². The zero-order valence-electron chi connectivity index (χ0n) is 16.2. The van der Waals surface area contributed by atoms with Crippen molar-refractivity contribution in [2.45, 2.75) is 51.5 Å². The fourth-order valence-corrected chi connectivity index (χ4v) is 3.85. The zero-order chi connectivity index (χ0) is 20.1. The minimum Gasteiger partial charge on any atom is -0.455 e. The van der Waals surface area contributed by atoms with E-state index in [-0.39, 0.29) is 18.4 Å². The van der Waals surface area contributed by atoms with E-state index >= 15 is 0 Å². The van der Waals surface area contributed by atoms with Crippen molar-refractivity contribution in [1.29, 1.82) is 0 Å². The number of nitrogens with one attached hydrogen (secondary N) is 1. The van der Waals surface area contributed by atoms with Gasteiger partial charge in [0.15, 0.2) is 6.61 Å². The second-order valence-electron chi connectivity index (χ2n) is 7.53. The summed E-state index contributed by atoms with van der Waals surface area (Å²) in [5.41, 5.74) is 0.823. The van der Waals surface area contributed by atoms with Crippen molar-refractivity contribution in [3.63, 3.8) is 0 Å². The number of hydrogen-bond donors (Lipinski definition) is 1. The van der Waals surface area contributed by atoms with Crippen LogP contribution in [0, 0.1) is 5.92 Å². The van der Waals surface area contributed by atoms with Gasteiger partial charge in [0.2, 0.25) is 0 Å². The van der Waals surface area contributed by atoms with Gasteiger partial charge in [0, 0.05) is 11.1 Å². The summed E-state index contributed by atoms with van der Waals surface area (Å²) >= 11 is 5.93. The number of carbonyl (C=O) groups is 2. The second-order valence-corrected chi connectivity index (χ2v) is 7.96. The SMILES string of the molecule is CC(C)[C@H](C(=O)OCC(=O)Nc1ccnn1C1CCCC1)c1ccc(Cl)cc1. The molecule has 1 saturated carbocycles. The summed E-state index contributed by atoms with van der Waals surface area (Å²) in [6, 6.07) is 9.21. The minimum absolute atomic E-state index is 0.0283. The molecule has 1 fully saturated rings. The van der Waals surface area contributed by atoms with Crippen molar-refractivity contribution in [1.82, 2.24) is 9.78 Å². The van der Waals surface area contributed by atoms with Crippen molar-refractivity contribution in [2.24, 2.45) is 5.92 Å². The van der Waals surface area contributed by atoms with E-state index in [1.54, 1.807) is 24.4 Å². The van der Waals surface area contributed by atoms with Gasteiger partial charge in [-0.3, -0.25) is 9.59 Å². The van der Waals surface area contributed by atoms with Gasteiger partial charge in [-0.25, -0.2) is 4.68 Å². The van der Waals surface area contributed by atoms with Crippen molar-refractivity contribution in [3.8, 4) is 0 Å². The summed E-state index contributed by atoms with van der Waals surface area (Å²) in [5, 5.41) is 7.74. The maximum absolute atomic E-state index is 12.6. The Morgan fingerprint density at radius 1 is 1.21 bits per heavy atom. The molecule has 1 aromatic carbocycles. The molecule has 1 aromatic heterocycles. The number of ether oxygens (including phenoxy) is 1. The summed E-state index contributed by atoms with van der Waals surface area (Å²) in [6.45, 7) is 3.56. The molecule has 0 bridgehead atoms. The molecule has 1 aliphatic carbocycles. The van der Waals surface area contributed by atoms with Crippen LogP contribution in [0.5, 0.6) is 0 Å². The maximum atomic E-state index is 12.6. The van der Waals surface area contributed by atoms with Crippen molar-refractivity contribution >= 4 is 29.3 Å². The van der Waals surface area contributed by atoms with Crippen molar-refractivity contribution in [3.05, 3.63) is 47.1 Å². The predicted molar refractivity (Wildman–Crippen MR) is 108 cm³/mol. The van der Waals surface area contributed by atoms with Gasteiger partial charge in [-0.1, -0.05) is 50.4 Å². The van der Waals surface area contributed by atoms with E-state index in [9.17, 15) is 9.59 Å². The zero-order valence-corrected chi connectivity index (χ0v) is 17.0. The van der Waals surface area contributed by atoms with Crippen LogP contribution < -0.4 is 5.32 Å². The molecule has 3 rings (SSSR count). The van der Waals surface area contributed by atoms with Crippen LogP contribution in [0.2, 0.25) is 5.02 Å². The van der Waals surface area contributed by atoms with E-state index in [4.69, 9.17) is 16.3 Å². The van der Waals surface area contributed by atoms with Crippen molar-refractivity contribution in [2.75, 3.05) is 11.9 Å². The summed E-state index contributed by atoms with van der Waals surface area (Å²) in [6.07, 6.45) is 6.16. The van der Waals surface area contributed by atoms with Crippen LogP contribution in [0.15, 0.2) is 36.5 Å². The number of carbonyl (C=O) groups excluding carboxylic acids is 2. The number of benzene rings is 1. The minimum atomic E-state index is -0.450. The number of rotatable bonds is 7. The number of aromatic nitrogens is 2. The summed E-state index contributed by atoms with van der Waals surface area (Å²) in [4.78, 5) is 24.9. The highest BCUT2D eigenvalue weighted by Gasteiger charge is 2.27. The molecule has 6 nitrogen and oxygen atoms in total. The lowest BCUT2D eigenvalue weighted by Crippen LogP contribution is -2.27. The Morgan fingerprint density at radius 3 is 2.54 bits per heavy atom. The third kappa shape index (κ3) is 4.93. The molecule has 7 heteroatoms. The molecule has 28 heavy (non-hydrogen) atoms. The van der Waals surface area contributed by atoms with Crippen LogP contribution in [0.1, 0.15) is 57.1 Å². The fourth-order valence-electron chi connectivity index (χ4n) is 3.72. The van der Waals surface area contributed by atoms with Crippen LogP contribution in [0.4, 0.5) is 5.82 Å². The lowest BCUT2D eigenvalue weighted by atomic mass is 9.88. The molecule has 1 N–H and O–H groups in total. The summed E-state index contributed by atoms with van der Waals surface area (Å²) in [5.74, 6) is -0.566. The van der Waals surface area contributed by atoms with E-state index in [1.165, 1.54) is 12.8 Å². The summed E-state index contributed by atoms with van der Waals surface area (Å²) < 4.78 is 7.17. The highest BCUT2D eigenvalue weighted by atomic mass is 35.5. The largest absolute Gasteiger partial charge is 0.455 e. The van der Waals surface area contributed by atoms with Crippen molar-refractivity contribution < 1.29 is 14.3 Å². The third-order valence-electron chi connectivity index (χ3n) is 5.10. The van der Waals surface area contributed by atoms with Gasteiger partial charge in [-0.2, -0.15) is 5.10 Å². The normalized spacial score (nSPS) is 15.6. The lowest BCUT2D eigenvalue weighted by Gasteiger charge is -2.20. The first-order chi connectivity index (χ1) is 13.5. The average Bonchev–Trinajstić information content (AvgIpc) is 3.33. The first-order valence-corrected chi connectivity index (χ1v) is 10.1. The molecule has 1 aliphatic rings. The molecule has 2 aromatic rings. The molecular weight excluding hydrogens is 378 g/mol. The van der Waals surface area contributed by atoms with Gasteiger partial charge in [-0.05, 0) is 36.5 Å². The Hall–Kier alpha value is -2.34. The smallest absolute Gasteiger partial charge is 0.314 e. The average molecular weight is 404 g/mol. The number of anilines is 1.